The zero-order chi connectivity index (χ0) is 14.6. The van der Waals surface area contributed by atoms with E-state index in [1.807, 2.05) is 0 Å². The Hall–Kier alpha value is -1.07. The molecule has 0 aliphatic carbocycles. The SMILES string of the molecule is CCN1CCCC1CNCc1ccc(C(F)(F)F)cc1. The van der Waals surface area contributed by atoms with Crippen molar-refractivity contribution in [3.63, 3.8) is 0 Å². The molecule has 1 aliphatic rings. The summed E-state index contributed by atoms with van der Waals surface area (Å²) in [6.45, 7) is 5.89. The summed E-state index contributed by atoms with van der Waals surface area (Å²) >= 11 is 0. The Labute approximate surface area is 118 Å². The zero-order valence-corrected chi connectivity index (χ0v) is 11.7. The second kappa shape index (κ2) is 6.59. The molecule has 1 heterocycles. The Kier molecular flexibility index (Phi) is 5.05. The maximum Gasteiger partial charge on any atom is 0.416 e. The molecule has 0 spiro atoms. The summed E-state index contributed by atoms with van der Waals surface area (Å²) in [5, 5.41) is 3.34. The second-order valence-corrected chi connectivity index (χ2v) is 5.25. The van der Waals surface area contributed by atoms with Crippen molar-refractivity contribution >= 4 is 0 Å². The third-order valence-corrected chi connectivity index (χ3v) is 3.90. The van der Waals surface area contributed by atoms with Gasteiger partial charge in [0.15, 0.2) is 0 Å². The van der Waals surface area contributed by atoms with Crippen molar-refractivity contribution in [1.29, 1.82) is 0 Å². The van der Waals surface area contributed by atoms with E-state index < -0.39 is 11.7 Å². The molecule has 5 heteroatoms. The number of likely N-dealkylation sites (tertiary alicyclic amines) is 1. The Morgan fingerprint density at radius 2 is 1.95 bits per heavy atom. The fraction of sp³-hybridized carbons (Fsp3) is 0.600. The van der Waals surface area contributed by atoms with Crippen LogP contribution in [0.15, 0.2) is 24.3 Å². The minimum absolute atomic E-state index is 0.564. The summed E-state index contributed by atoms with van der Waals surface area (Å²) in [5.41, 5.74) is 0.299. The predicted octanol–water partition coefficient (Wildman–Crippen LogP) is 3.28. The highest BCUT2D eigenvalue weighted by Crippen LogP contribution is 2.29. The molecule has 20 heavy (non-hydrogen) atoms. The fourth-order valence-electron chi connectivity index (χ4n) is 2.74. The average molecular weight is 286 g/mol. The molecule has 1 aromatic rings. The summed E-state index contributed by atoms with van der Waals surface area (Å²) in [5.74, 6) is 0. The maximum atomic E-state index is 12.4. The van der Waals surface area contributed by atoms with E-state index in [9.17, 15) is 13.2 Å². The number of hydrogen-bond donors (Lipinski definition) is 1. The van der Waals surface area contributed by atoms with Crippen LogP contribution in [0.2, 0.25) is 0 Å². The van der Waals surface area contributed by atoms with Crippen molar-refractivity contribution in [3.8, 4) is 0 Å². The minimum atomic E-state index is -4.25. The molecule has 2 rings (SSSR count). The van der Waals surface area contributed by atoms with Gasteiger partial charge < -0.3 is 5.32 Å². The van der Waals surface area contributed by atoms with Crippen LogP contribution < -0.4 is 5.32 Å². The van der Waals surface area contributed by atoms with Crippen LogP contribution in [-0.2, 0) is 12.7 Å². The van der Waals surface area contributed by atoms with Gasteiger partial charge in [0.05, 0.1) is 5.56 Å². The van der Waals surface area contributed by atoms with Crippen molar-refractivity contribution in [2.24, 2.45) is 0 Å². The van der Waals surface area contributed by atoms with Gasteiger partial charge in [-0.15, -0.1) is 0 Å². The lowest BCUT2D eigenvalue weighted by molar-refractivity contribution is -0.137. The fourth-order valence-corrected chi connectivity index (χ4v) is 2.74. The molecule has 0 radical (unpaired) electrons. The zero-order valence-electron chi connectivity index (χ0n) is 11.7. The van der Waals surface area contributed by atoms with Crippen LogP contribution >= 0.6 is 0 Å². The molecule has 1 saturated heterocycles. The van der Waals surface area contributed by atoms with Crippen molar-refractivity contribution in [2.45, 2.75) is 38.5 Å². The highest BCUT2D eigenvalue weighted by atomic mass is 19.4. The predicted molar refractivity (Wildman–Crippen MR) is 73.4 cm³/mol. The number of likely N-dealkylation sites (N-methyl/N-ethyl adjacent to an activating group) is 1. The Bertz CT molecular complexity index is 414. The van der Waals surface area contributed by atoms with E-state index in [4.69, 9.17) is 0 Å². The van der Waals surface area contributed by atoms with E-state index in [1.54, 1.807) is 12.1 Å². The molecule has 2 nitrogen and oxygen atoms in total. The van der Waals surface area contributed by atoms with E-state index in [2.05, 4.69) is 17.1 Å². The molecule has 112 valence electrons. The van der Waals surface area contributed by atoms with Gasteiger partial charge in [0.25, 0.3) is 0 Å². The lowest BCUT2D eigenvalue weighted by Crippen LogP contribution is -2.37. The number of alkyl halides is 3. The van der Waals surface area contributed by atoms with E-state index >= 15 is 0 Å². The minimum Gasteiger partial charge on any atom is -0.311 e. The first-order valence-electron chi connectivity index (χ1n) is 7.11. The van der Waals surface area contributed by atoms with Gasteiger partial charge in [-0.05, 0) is 43.6 Å². The number of nitrogens with one attached hydrogen (secondary N) is 1. The lowest BCUT2D eigenvalue weighted by Gasteiger charge is -2.23. The van der Waals surface area contributed by atoms with Crippen LogP contribution in [0.3, 0.4) is 0 Å². The van der Waals surface area contributed by atoms with Gasteiger partial charge in [-0.25, -0.2) is 0 Å². The molecular weight excluding hydrogens is 265 g/mol. The number of halogens is 3. The van der Waals surface area contributed by atoms with E-state index in [-0.39, 0.29) is 0 Å². The van der Waals surface area contributed by atoms with Crippen LogP contribution in [0.1, 0.15) is 30.9 Å². The van der Waals surface area contributed by atoms with Crippen molar-refractivity contribution in [2.75, 3.05) is 19.6 Å². The second-order valence-electron chi connectivity index (χ2n) is 5.25. The first kappa shape index (κ1) is 15.3. The van der Waals surface area contributed by atoms with Crippen molar-refractivity contribution < 1.29 is 13.2 Å². The van der Waals surface area contributed by atoms with Gasteiger partial charge in [-0.1, -0.05) is 19.1 Å². The summed E-state index contributed by atoms with van der Waals surface area (Å²) < 4.78 is 37.3. The first-order chi connectivity index (χ1) is 9.50. The van der Waals surface area contributed by atoms with Gasteiger partial charge in [0.1, 0.15) is 0 Å². The van der Waals surface area contributed by atoms with Crippen LogP contribution in [0.4, 0.5) is 13.2 Å². The average Bonchev–Trinajstić information content (AvgIpc) is 2.86. The molecule has 1 aromatic carbocycles. The topological polar surface area (TPSA) is 15.3 Å². The summed E-state index contributed by atoms with van der Waals surface area (Å²) in [4.78, 5) is 2.44. The normalized spacial score (nSPS) is 20.5. The van der Waals surface area contributed by atoms with Crippen molar-refractivity contribution in [3.05, 3.63) is 35.4 Å². The lowest BCUT2D eigenvalue weighted by atomic mass is 10.1. The maximum absolute atomic E-state index is 12.4. The first-order valence-corrected chi connectivity index (χ1v) is 7.11. The van der Waals surface area contributed by atoms with Crippen molar-refractivity contribution in [1.82, 2.24) is 10.2 Å². The van der Waals surface area contributed by atoms with Crippen LogP contribution in [-0.4, -0.2) is 30.6 Å². The van der Waals surface area contributed by atoms with Crippen LogP contribution in [0, 0.1) is 0 Å². The molecule has 1 atom stereocenters. The Morgan fingerprint density at radius 3 is 2.55 bits per heavy atom. The number of nitrogens with zero attached hydrogens (tertiary/aromatic N) is 1. The van der Waals surface area contributed by atoms with Crippen LogP contribution in [0.5, 0.6) is 0 Å². The van der Waals surface area contributed by atoms with Gasteiger partial charge >= 0.3 is 6.18 Å². The van der Waals surface area contributed by atoms with Gasteiger partial charge in [0, 0.05) is 19.1 Å². The smallest absolute Gasteiger partial charge is 0.311 e. The molecule has 1 unspecified atom stereocenters. The molecule has 1 N–H and O–H groups in total. The van der Waals surface area contributed by atoms with Gasteiger partial charge in [0.2, 0.25) is 0 Å². The third-order valence-electron chi connectivity index (χ3n) is 3.90. The van der Waals surface area contributed by atoms with Gasteiger partial charge in [-0.2, -0.15) is 13.2 Å². The summed E-state index contributed by atoms with van der Waals surface area (Å²) in [7, 11) is 0. The molecule has 0 amide bonds. The van der Waals surface area contributed by atoms with Gasteiger partial charge in [-0.3, -0.25) is 4.90 Å². The molecule has 0 aromatic heterocycles. The highest BCUT2D eigenvalue weighted by molar-refractivity contribution is 5.24. The number of rotatable bonds is 5. The number of hydrogen-bond acceptors (Lipinski definition) is 2. The monoisotopic (exact) mass is 286 g/mol. The summed E-state index contributed by atoms with van der Waals surface area (Å²) in [6.07, 6.45) is -1.81. The largest absolute Gasteiger partial charge is 0.416 e. The molecular formula is C15H21F3N2. The Morgan fingerprint density at radius 1 is 1.25 bits per heavy atom. The van der Waals surface area contributed by atoms with E-state index in [0.717, 1.165) is 37.3 Å². The van der Waals surface area contributed by atoms with E-state index in [1.165, 1.54) is 12.8 Å². The molecule has 0 saturated carbocycles. The van der Waals surface area contributed by atoms with Crippen LogP contribution in [0.25, 0.3) is 0 Å². The standard InChI is InChI=1S/C15H21F3N2/c1-2-20-9-3-4-14(20)11-19-10-12-5-7-13(8-6-12)15(16,17)18/h5-8,14,19H,2-4,9-11H2,1H3. The summed E-state index contributed by atoms with van der Waals surface area (Å²) in [6, 6.07) is 5.94. The molecule has 1 aliphatic heterocycles. The number of benzene rings is 1. The molecule has 1 fully saturated rings. The molecule has 0 bridgehead atoms. The third kappa shape index (κ3) is 3.96. The quantitative estimate of drug-likeness (QED) is 0.893. The highest BCUT2D eigenvalue weighted by Gasteiger charge is 2.29. The van der Waals surface area contributed by atoms with E-state index in [0.29, 0.717) is 12.6 Å². The Balaban J connectivity index is 1.80.